The lowest BCUT2D eigenvalue weighted by Gasteiger charge is -2.30. The summed E-state index contributed by atoms with van der Waals surface area (Å²) < 4.78 is 24.3. The molecule has 1 unspecified atom stereocenters. The number of nitrogens with one attached hydrogen (secondary N) is 1. The van der Waals surface area contributed by atoms with E-state index < -0.39 is 21.8 Å². The number of amides is 2. The summed E-state index contributed by atoms with van der Waals surface area (Å²) in [6.45, 7) is 1.09. The minimum absolute atomic E-state index is 0.0427. The number of nitrogens with two attached hydrogens (primary N) is 1. The average Bonchev–Trinajstić information content (AvgIpc) is 3.07. The molecule has 2 amide bonds. The number of para-hydroxylation sites is 1. The monoisotopic (exact) mass is 498 g/mol. The highest BCUT2D eigenvalue weighted by molar-refractivity contribution is 7.89. The number of carbonyl (C=O) groups is 2. The highest BCUT2D eigenvalue weighted by Gasteiger charge is 2.27. The fourth-order valence-electron chi connectivity index (χ4n) is 4.17. The third-order valence-corrected chi connectivity index (χ3v) is 6.92. The van der Waals surface area contributed by atoms with Gasteiger partial charge in [0.1, 0.15) is 0 Å². The van der Waals surface area contributed by atoms with Crippen LogP contribution in [0.25, 0.3) is 10.9 Å². The SMILES string of the molecule is Cn1c(O)c(N=NC(=O)C2CCCN(CC(=O)Nc3ccc(S(N)(=O)=O)cc3)C2)c2ccccc21. The van der Waals surface area contributed by atoms with Crippen LogP contribution in [0.4, 0.5) is 11.4 Å². The summed E-state index contributed by atoms with van der Waals surface area (Å²) >= 11 is 0. The Kier molecular flexibility index (Phi) is 6.96. The highest BCUT2D eigenvalue weighted by atomic mass is 32.2. The summed E-state index contributed by atoms with van der Waals surface area (Å²) in [6, 6.07) is 12.9. The molecule has 0 saturated carbocycles. The third kappa shape index (κ3) is 5.56. The molecule has 1 atom stereocenters. The number of aromatic nitrogens is 1. The molecule has 0 spiro atoms. The third-order valence-electron chi connectivity index (χ3n) is 5.99. The molecule has 4 rings (SSSR count). The number of nitrogens with zero attached hydrogens (tertiary/aromatic N) is 4. The van der Waals surface area contributed by atoms with E-state index in [4.69, 9.17) is 5.14 Å². The van der Waals surface area contributed by atoms with E-state index in [0.717, 1.165) is 11.9 Å². The van der Waals surface area contributed by atoms with Crippen LogP contribution in [-0.4, -0.2) is 54.4 Å². The molecule has 0 bridgehead atoms. The first-order chi connectivity index (χ1) is 16.6. The molecule has 4 N–H and O–H groups in total. The van der Waals surface area contributed by atoms with Gasteiger partial charge in [0.2, 0.25) is 21.8 Å². The molecule has 1 aliphatic rings. The lowest BCUT2D eigenvalue weighted by molar-refractivity contribution is -0.125. The van der Waals surface area contributed by atoms with E-state index in [-0.39, 0.29) is 28.9 Å². The zero-order valence-electron chi connectivity index (χ0n) is 19.1. The predicted octanol–water partition coefficient (Wildman–Crippen LogP) is 2.49. The second kappa shape index (κ2) is 9.94. The number of rotatable bonds is 6. The minimum Gasteiger partial charge on any atom is -0.493 e. The smallest absolute Gasteiger partial charge is 0.269 e. The summed E-state index contributed by atoms with van der Waals surface area (Å²) in [7, 11) is -2.10. The van der Waals surface area contributed by atoms with E-state index in [0.29, 0.717) is 30.6 Å². The summed E-state index contributed by atoms with van der Waals surface area (Å²) in [5.41, 5.74) is 1.47. The maximum atomic E-state index is 12.7. The van der Waals surface area contributed by atoms with Gasteiger partial charge in [-0.2, -0.15) is 0 Å². The summed E-state index contributed by atoms with van der Waals surface area (Å²) in [6.07, 6.45) is 1.36. The first-order valence-corrected chi connectivity index (χ1v) is 12.5. The molecule has 2 heterocycles. The molecular formula is C23H26N6O5S. The molecule has 1 aliphatic heterocycles. The van der Waals surface area contributed by atoms with Crippen molar-refractivity contribution in [3.8, 4) is 5.88 Å². The fourth-order valence-corrected chi connectivity index (χ4v) is 4.69. The van der Waals surface area contributed by atoms with Gasteiger partial charge in [0.15, 0.2) is 5.69 Å². The molecule has 184 valence electrons. The lowest BCUT2D eigenvalue weighted by Crippen LogP contribution is -2.42. The van der Waals surface area contributed by atoms with Crippen molar-refractivity contribution in [1.29, 1.82) is 0 Å². The van der Waals surface area contributed by atoms with Gasteiger partial charge in [-0.1, -0.05) is 18.2 Å². The maximum absolute atomic E-state index is 12.7. The fraction of sp³-hybridized carbons (Fsp3) is 0.304. The molecule has 1 aromatic heterocycles. The summed E-state index contributed by atoms with van der Waals surface area (Å²) in [5.74, 6) is -1.17. The number of azo groups is 1. The number of fused-ring (bicyclic) bond motifs is 1. The first-order valence-electron chi connectivity index (χ1n) is 11.0. The standard InChI is InChI=1S/C23H26N6O5S/c1-28-19-7-3-2-6-18(19)21(23(28)32)26-27-22(31)15-5-4-12-29(13-15)14-20(30)25-16-8-10-17(11-9-16)35(24,33)34/h2-3,6-11,15,32H,4-5,12-14H2,1H3,(H,25,30)(H2,24,33,34). The zero-order valence-corrected chi connectivity index (χ0v) is 19.9. The van der Waals surface area contributed by atoms with Crippen molar-refractivity contribution in [3.63, 3.8) is 0 Å². The molecule has 12 heteroatoms. The Morgan fingerprint density at radius 2 is 1.89 bits per heavy atom. The van der Waals surface area contributed by atoms with E-state index in [1.165, 1.54) is 24.3 Å². The molecule has 1 fully saturated rings. The second-order valence-corrected chi connectivity index (χ2v) is 10.0. The molecule has 0 aliphatic carbocycles. The van der Waals surface area contributed by atoms with Gasteiger partial charge >= 0.3 is 0 Å². The van der Waals surface area contributed by atoms with Crippen LogP contribution >= 0.6 is 0 Å². The quantitative estimate of drug-likeness (QED) is 0.443. The average molecular weight is 499 g/mol. The van der Waals surface area contributed by atoms with Crippen LogP contribution in [0.1, 0.15) is 12.8 Å². The van der Waals surface area contributed by atoms with Gasteiger partial charge in [-0.15, -0.1) is 10.2 Å². The van der Waals surface area contributed by atoms with Gasteiger partial charge in [0.25, 0.3) is 5.91 Å². The van der Waals surface area contributed by atoms with Crippen molar-refractivity contribution in [1.82, 2.24) is 9.47 Å². The van der Waals surface area contributed by atoms with Crippen molar-refractivity contribution in [2.45, 2.75) is 17.7 Å². The van der Waals surface area contributed by atoms with Crippen LogP contribution in [-0.2, 0) is 26.7 Å². The van der Waals surface area contributed by atoms with E-state index in [1.54, 1.807) is 17.7 Å². The second-order valence-electron chi connectivity index (χ2n) is 8.48. The Labute approximate surface area is 202 Å². The topological polar surface area (TPSA) is 159 Å². The van der Waals surface area contributed by atoms with Gasteiger partial charge in [-0.05, 0) is 49.7 Å². The number of sulfonamides is 1. The van der Waals surface area contributed by atoms with Crippen LogP contribution in [0.15, 0.2) is 63.7 Å². The first kappa shape index (κ1) is 24.5. The summed E-state index contributed by atoms with van der Waals surface area (Å²) in [5, 5.41) is 26.8. The number of primary sulfonamides is 1. The number of likely N-dealkylation sites (tertiary alicyclic amines) is 1. The summed E-state index contributed by atoms with van der Waals surface area (Å²) in [4.78, 5) is 27.0. The van der Waals surface area contributed by atoms with Gasteiger partial charge < -0.3 is 15.0 Å². The Balaban J connectivity index is 1.36. The number of benzene rings is 2. The van der Waals surface area contributed by atoms with Crippen LogP contribution in [0, 0.1) is 5.92 Å². The largest absolute Gasteiger partial charge is 0.493 e. The molecule has 1 saturated heterocycles. The van der Waals surface area contributed by atoms with Crippen LogP contribution < -0.4 is 10.5 Å². The number of anilines is 1. The van der Waals surface area contributed by atoms with Crippen molar-refractivity contribution in [2.24, 2.45) is 28.3 Å². The lowest BCUT2D eigenvalue weighted by atomic mass is 9.97. The van der Waals surface area contributed by atoms with Gasteiger partial charge in [-0.25, -0.2) is 13.6 Å². The van der Waals surface area contributed by atoms with Crippen molar-refractivity contribution in [2.75, 3.05) is 25.0 Å². The van der Waals surface area contributed by atoms with Crippen LogP contribution in [0.2, 0.25) is 0 Å². The van der Waals surface area contributed by atoms with Gasteiger partial charge in [0, 0.05) is 24.7 Å². The number of aromatic hydroxyl groups is 1. The van der Waals surface area contributed by atoms with Crippen molar-refractivity contribution < 1.29 is 23.1 Å². The Bertz CT molecular complexity index is 1400. The molecule has 3 aromatic rings. The van der Waals surface area contributed by atoms with E-state index >= 15 is 0 Å². The van der Waals surface area contributed by atoms with E-state index in [1.807, 2.05) is 23.1 Å². The maximum Gasteiger partial charge on any atom is 0.269 e. The number of aryl methyl sites for hydroxylation is 1. The van der Waals surface area contributed by atoms with E-state index in [2.05, 4.69) is 15.5 Å². The highest BCUT2D eigenvalue weighted by Crippen LogP contribution is 2.37. The molecule has 2 aromatic carbocycles. The molecular weight excluding hydrogens is 472 g/mol. The minimum atomic E-state index is -3.80. The van der Waals surface area contributed by atoms with Crippen molar-refractivity contribution >= 4 is 44.1 Å². The molecule has 0 radical (unpaired) electrons. The predicted molar refractivity (Wildman–Crippen MR) is 130 cm³/mol. The van der Waals surface area contributed by atoms with Gasteiger partial charge in [-0.3, -0.25) is 14.5 Å². The zero-order chi connectivity index (χ0) is 25.2. The molecule has 11 nitrogen and oxygen atoms in total. The Morgan fingerprint density at radius 1 is 1.17 bits per heavy atom. The Hall–Kier alpha value is -3.61. The van der Waals surface area contributed by atoms with Crippen LogP contribution in [0.5, 0.6) is 5.88 Å². The number of hydrogen-bond acceptors (Lipinski definition) is 7. The van der Waals surface area contributed by atoms with Crippen molar-refractivity contribution in [3.05, 3.63) is 48.5 Å². The Morgan fingerprint density at radius 3 is 2.60 bits per heavy atom. The van der Waals surface area contributed by atoms with Gasteiger partial charge in [0.05, 0.1) is 22.9 Å². The molecule has 35 heavy (non-hydrogen) atoms. The number of piperidine rings is 1. The number of carbonyl (C=O) groups excluding carboxylic acids is 2. The van der Waals surface area contributed by atoms with E-state index in [9.17, 15) is 23.1 Å². The normalized spacial score (nSPS) is 17.1. The number of hydrogen-bond donors (Lipinski definition) is 3. The van der Waals surface area contributed by atoms with Crippen LogP contribution in [0.3, 0.4) is 0 Å².